The van der Waals surface area contributed by atoms with Crippen LogP contribution in [0.3, 0.4) is 0 Å². The zero-order valence-corrected chi connectivity index (χ0v) is 7.09. The van der Waals surface area contributed by atoms with E-state index < -0.39 is 12.0 Å². The topological polar surface area (TPSA) is 57.6 Å². The van der Waals surface area contributed by atoms with Gasteiger partial charge in [0.1, 0.15) is 6.10 Å². The van der Waals surface area contributed by atoms with Gasteiger partial charge in [0.05, 0.1) is 11.8 Å². The van der Waals surface area contributed by atoms with E-state index in [0.717, 1.165) is 6.20 Å². The Kier molecular flexibility index (Phi) is 5.71. The molecular weight excluding hydrogens is 191 g/mol. The van der Waals surface area contributed by atoms with Crippen LogP contribution in [0, 0.1) is 5.39 Å². The van der Waals surface area contributed by atoms with Crippen molar-refractivity contribution in [1.82, 2.24) is 0 Å². The summed E-state index contributed by atoms with van der Waals surface area (Å²) < 4.78 is 4.69. The molecule has 0 heterocycles. The molecule has 11 heavy (non-hydrogen) atoms. The van der Waals surface area contributed by atoms with Crippen LogP contribution in [0.1, 0.15) is 0 Å². The molecule has 6 heteroatoms. The van der Waals surface area contributed by atoms with E-state index in [1.165, 1.54) is 0 Å². The Labute approximate surface area is 74.0 Å². The van der Waals surface area contributed by atoms with Gasteiger partial charge in [-0.05, 0) is 0 Å². The van der Waals surface area contributed by atoms with Gasteiger partial charge >= 0.3 is 12.1 Å². The van der Waals surface area contributed by atoms with Crippen molar-refractivity contribution in [2.45, 2.75) is 6.10 Å². The number of alkyl halides is 2. The third kappa shape index (κ3) is 4.71. The van der Waals surface area contributed by atoms with Crippen LogP contribution < -0.4 is 0 Å². The average molecular weight is 198 g/mol. The molecule has 0 aliphatic heterocycles. The number of ether oxygens (including phenoxy) is 1. The Balaban J connectivity index is 3.83. The maximum Gasteiger partial charge on any atom is 0.429 e. The normalized spacial score (nSPS) is 11.3. The summed E-state index contributed by atoms with van der Waals surface area (Å²) >= 11 is 10.7. The van der Waals surface area contributed by atoms with Gasteiger partial charge in [0.25, 0.3) is 0 Å². The number of nitrogens with zero attached hydrogens (tertiary/aromatic N) is 2. The summed E-state index contributed by atoms with van der Waals surface area (Å²) in [5, 5.41) is 16.7. The van der Waals surface area contributed by atoms with E-state index >= 15 is 0 Å². The predicted molar refractivity (Wildman–Crippen MR) is 42.1 cm³/mol. The van der Waals surface area contributed by atoms with Gasteiger partial charge in [-0.1, -0.05) is 0 Å². The minimum Gasteiger partial charge on any atom is -0.476 e. The van der Waals surface area contributed by atoms with Gasteiger partial charge in [0.15, 0.2) is 4.98 Å². The van der Waals surface area contributed by atoms with Gasteiger partial charge in [0, 0.05) is 0 Å². The summed E-state index contributed by atoms with van der Waals surface area (Å²) in [5.41, 5.74) is 0. The summed E-state index contributed by atoms with van der Waals surface area (Å²) in [6.45, 7) is 0. The summed E-state index contributed by atoms with van der Waals surface area (Å²) in [5.74, 6) is -0.196. The highest BCUT2D eigenvalue weighted by molar-refractivity contribution is 6.21. The molecule has 1 N–H and O–H groups in total. The second-order valence-electron chi connectivity index (χ2n) is 1.63. The average Bonchev–Trinajstić information content (AvgIpc) is 2.01. The van der Waals surface area contributed by atoms with Crippen molar-refractivity contribution in [2.75, 3.05) is 11.8 Å². The lowest BCUT2D eigenvalue weighted by Crippen LogP contribution is -2.15. The predicted octanol–water partition coefficient (Wildman–Crippen LogP) is 2.06. The Hall–Kier alpha value is -0.660. The maximum atomic E-state index is 8.75. The Bertz CT molecular complexity index is 174. The van der Waals surface area contributed by atoms with Crippen molar-refractivity contribution >= 4 is 23.2 Å². The molecule has 0 amide bonds. The van der Waals surface area contributed by atoms with E-state index in [4.69, 9.17) is 33.7 Å². The second-order valence-corrected chi connectivity index (χ2v) is 2.25. The molecule has 0 aromatic heterocycles. The van der Waals surface area contributed by atoms with Crippen molar-refractivity contribution in [2.24, 2.45) is 0 Å². The molecule has 62 valence electrons. The number of hydrogen-bond donors (Lipinski definition) is 1. The van der Waals surface area contributed by atoms with Crippen molar-refractivity contribution < 1.29 is 9.84 Å². The zero-order valence-electron chi connectivity index (χ0n) is 5.57. The van der Waals surface area contributed by atoms with Crippen LogP contribution in [0.15, 0.2) is 12.1 Å². The highest BCUT2D eigenvalue weighted by Gasteiger charge is 2.10. The lowest BCUT2D eigenvalue weighted by molar-refractivity contribution is 0.0555. The summed E-state index contributed by atoms with van der Waals surface area (Å²) in [7, 11) is 0. The van der Waals surface area contributed by atoms with E-state index in [0.29, 0.717) is 0 Å². The van der Waals surface area contributed by atoms with Gasteiger partial charge in [-0.25, -0.2) is 0 Å². The van der Waals surface area contributed by atoms with Crippen LogP contribution in [0.4, 0.5) is 0 Å². The third-order valence-corrected chi connectivity index (χ3v) is 1.49. The van der Waals surface area contributed by atoms with E-state index in [2.05, 4.69) is 9.71 Å². The van der Waals surface area contributed by atoms with Gasteiger partial charge in [-0.2, -0.15) is 0 Å². The van der Waals surface area contributed by atoms with E-state index in [-0.39, 0.29) is 11.8 Å². The highest BCUT2D eigenvalue weighted by Crippen LogP contribution is 2.03. The number of rotatable bonds is 4. The molecule has 0 aromatic rings. The molecular formula is C5H7Cl2N2O2+. The Morgan fingerprint density at radius 2 is 2.18 bits per heavy atom. The van der Waals surface area contributed by atoms with Gasteiger partial charge < -0.3 is 9.84 Å². The van der Waals surface area contributed by atoms with Gasteiger partial charge in [-0.3, -0.25) is 0 Å². The Morgan fingerprint density at radius 3 is 2.55 bits per heavy atom. The number of aliphatic hydroxyl groups excluding tert-OH is 1. The number of hydrogen-bond acceptors (Lipinski definition) is 3. The SMILES string of the molecule is N#[N+]/C=C(\O)OC(CCl)CCl. The standard InChI is InChI=1S/C5H6Cl2N2O2/c6-1-4(2-7)11-5(10)3-9-8/h3-4H,1-2H2/p+1/b5-3+. The first kappa shape index (κ1) is 10.3. The molecule has 0 radical (unpaired) electrons. The largest absolute Gasteiger partial charge is 0.476 e. The molecule has 4 nitrogen and oxygen atoms in total. The lowest BCUT2D eigenvalue weighted by atomic mass is 10.5. The number of halogens is 2. The first-order chi connectivity index (χ1) is 5.24. The van der Waals surface area contributed by atoms with Crippen LogP contribution in [0.25, 0.3) is 4.98 Å². The minimum absolute atomic E-state index is 0.160. The maximum absolute atomic E-state index is 8.75. The van der Waals surface area contributed by atoms with Crippen LogP contribution in [0.5, 0.6) is 0 Å². The van der Waals surface area contributed by atoms with Crippen molar-refractivity contribution in [1.29, 1.82) is 5.39 Å². The molecule has 0 rings (SSSR count). The molecule has 0 unspecified atom stereocenters. The number of diazo groups is 1. The van der Waals surface area contributed by atoms with E-state index in [1.54, 1.807) is 0 Å². The van der Waals surface area contributed by atoms with Crippen LogP contribution >= 0.6 is 23.2 Å². The fourth-order valence-electron chi connectivity index (χ4n) is 0.355. The van der Waals surface area contributed by atoms with E-state index in [1.807, 2.05) is 0 Å². The van der Waals surface area contributed by atoms with Crippen molar-refractivity contribution in [3.8, 4) is 0 Å². The fraction of sp³-hybridized carbons (Fsp3) is 0.600. The lowest BCUT2D eigenvalue weighted by Gasteiger charge is -2.09. The summed E-state index contributed by atoms with van der Waals surface area (Å²) in [4.78, 5) is 2.53. The summed E-state index contributed by atoms with van der Waals surface area (Å²) in [6, 6.07) is 0. The molecule has 0 saturated heterocycles. The monoisotopic (exact) mass is 197 g/mol. The molecule has 0 aliphatic rings. The quantitative estimate of drug-likeness (QED) is 0.427. The highest BCUT2D eigenvalue weighted by atomic mass is 35.5. The van der Waals surface area contributed by atoms with Crippen LogP contribution in [-0.4, -0.2) is 23.0 Å². The smallest absolute Gasteiger partial charge is 0.429 e. The fourth-order valence-corrected chi connectivity index (χ4v) is 0.811. The van der Waals surface area contributed by atoms with Crippen molar-refractivity contribution in [3.05, 3.63) is 17.1 Å². The van der Waals surface area contributed by atoms with Gasteiger partial charge in [-0.15, -0.1) is 23.2 Å². The minimum atomic E-state index is -0.515. The molecule has 0 fully saturated rings. The van der Waals surface area contributed by atoms with Crippen LogP contribution in [0.2, 0.25) is 0 Å². The molecule has 0 aliphatic carbocycles. The Morgan fingerprint density at radius 1 is 1.64 bits per heavy atom. The zero-order chi connectivity index (χ0) is 8.69. The van der Waals surface area contributed by atoms with E-state index in [9.17, 15) is 0 Å². The molecule has 0 saturated carbocycles. The summed E-state index contributed by atoms with van der Waals surface area (Å²) in [6.07, 6.45) is 0.267. The molecule has 0 atom stereocenters. The first-order valence-electron chi connectivity index (χ1n) is 2.76. The van der Waals surface area contributed by atoms with Crippen LogP contribution in [-0.2, 0) is 4.74 Å². The first-order valence-corrected chi connectivity index (χ1v) is 3.83. The second kappa shape index (κ2) is 6.08. The molecule has 0 aromatic carbocycles. The van der Waals surface area contributed by atoms with Gasteiger partial charge in [0.2, 0.25) is 5.39 Å². The molecule has 0 spiro atoms. The number of aliphatic hydroxyl groups is 1. The molecule has 0 bridgehead atoms. The third-order valence-electron chi connectivity index (χ3n) is 0.800. The van der Waals surface area contributed by atoms with Crippen molar-refractivity contribution in [3.63, 3.8) is 0 Å².